The molecule has 2 aromatic rings. The second-order valence-electron chi connectivity index (χ2n) is 6.38. The molecule has 1 aromatic carbocycles. The molecule has 1 saturated heterocycles. The van der Waals surface area contributed by atoms with Crippen molar-refractivity contribution in [3.05, 3.63) is 35.7 Å². The molecule has 0 spiro atoms. The first-order chi connectivity index (χ1) is 11.0. The van der Waals surface area contributed by atoms with Crippen molar-refractivity contribution in [3.8, 4) is 0 Å². The van der Waals surface area contributed by atoms with Crippen LogP contribution in [0.2, 0.25) is 0 Å². The molecule has 1 aromatic heterocycles. The molecule has 0 bridgehead atoms. The van der Waals surface area contributed by atoms with Gasteiger partial charge in [-0.2, -0.15) is 0 Å². The zero-order chi connectivity index (χ0) is 16.4. The Morgan fingerprint density at radius 2 is 1.83 bits per heavy atom. The number of fused-ring (bicyclic) bond motifs is 1. The van der Waals surface area contributed by atoms with E-state index in [-0.39, 0.29) is 5.91 Å². The number of amides is 1. The van der Waals surface area contributed by atoms with Gasteiger partial charge in [-0.1, -0.05) is 12.1 Å². The van der Waals surface area contributed by atoms with Gasteiger partial charge in [-0.3, -0.25) is 9.69 Å². The summed E-state index contributed by atoms with van der Waals surface area (Å²) in [7, 11) is 1.90. The van der Waals surface area contributed by atoms with Crippen LogP contribution in [0.25, 0.3) is 11.0 Å². The summed E-state index contributed by atoms with van der Waals surface area (Å²) in [5, 5.41) is 0. The van der Waals surface area contributed by atoms with E-state index in [1.165, 1.54) is 0 Å². The lowest BCUT2D eigenvalue weighted by Gasteiger charge is -2.36. The number of hydrogen-bond acceptors (Lipinski definition) is 4. The minimum Gasteiger partial charge on any atom is -0.343 e. The van der Waals surface area contributed by atoms with Crippen molar-refractivity contribution in [1.29, 1.82) is 0 Å². The Labute approximate surface area is 137 Å². The van der Waals surface area contributed by atoms with Gasteiger partial charge in [0.25, 0.3) is 0 Å². The number of para-hydroxylation sites is 2. The highest BCUT2D eigenvalue weighted by Gasteiger charge is 2.24. The van der Waals surface area contributed by atoms with E-state index in [0.29, 0.717) is 6.04 Å². The first-order valence-electron chi connectivity index (χ1n) is 8.22. The first kappa shape index (κ1) is 15.9. The summed E-state index contributed by atoms with van der Waals surface area (Å²) in [6.07, 6.45) is 2.05. The molecule has 3 rings (SSSR count). The van der Waals surface area contributed by atoms with Crippen LogP contribution >= 0.6 is 0 Å². The quantitative estimate of drug-likeness (QED) is 0.873. The van der Waals surface area contributed by atoms with E-state index in [0.717, 1.165) is 54.9 Å². The van der Waals surface area contributed by atoms with E-state index in [9.17, 15) is 4.79 Å². The van der Waals surface area contributed by atoms with Gasteiger partial charge in [0.15, 0.2) is 0 Å². The van der Waals surface area contributed by atoms with Gasteiger partial charge in [-0.25, -0.2) is 9.97 Å². The second-order valence-corrected chi connectivity index (χ2v) is 6.38. The second kappa shape index (κ2) is 6.62. The van der Waals surface area contributed by atoms with Gasteiger partial charge in [0.05, 0.1) is 22.4 Å². The molecule has 0 radical (unpaired) electrons. The Bertz CT molecular complexity index is 707. The number of rotatable bonds is 3. The Morgan fingerprint density at radius 3 is 2.43 bits per heavy atom. The van der Waals surface area contributed by atoms with Crippen LogP contribution in [0.4, 0.5) is 0 Å². The fraction of sp³-hybridized carbons (Fsp3) is 0.500. The largest absolute Gasteiger partial charge is 0.343 e. The number of piperidine rings is 1. The summed E-state index contributed by atoms with van der Waals surface area (Å²) >= 11 is 0. The van der Waals surface area contributed by atoms with Crippen molar-refractivity contribution in [1.82, 2.24) is 19.8 Å². The van der Waals surface area contributed by atoms with Crippen LogP contribution < -0.4 is 0 Å². The lowest BCUT2D eigenvalue weighted by atomic mass is 10.0. The molecular formula is C18H24N4O. The lowest BCUT2D eigenvalue weighted by Crippen LogP contribution is -2.44. The van der Waals surface area contributed by atoms with Crippen LogP contribution in [-0.4, -0.2) is 51.9 Å². The molecule has 122 valence electrons. The fourth-order valence-corrected chi connectivity index (χ4v) is 3.21. The molecule has 0 saturated carbocycles. The minimum atomic E-state index is 0.152. The van der Waals surface area contributed by atoms with Crippen LogP contribution in [-0.2, 0) is 11.3 Å². The topological polar surface area (TPSA) is 49.3 Å². The van der Waals surface area contributed by atoms with Gasteiger partial charge in [-0.05, 0) is 31.9 Å². The zero-order valence-electron chi connectivity index (χ0n) is 14.1. The van der Waals surface area contributed by atoms with Crippen LogP contribution in [0.3, 0.4) is 0 Å². The van der Waals surface area contributed by atoms with Crippen LogP contribution in [0.5, 0.6) is 0 Å². The third-order valence-corrected chi connectivity index (χ3v) is 4.82. The normalized spacial score (nSPS) is 16.7. The van der Waals surface area contributed by atoms with Crippen LogP contribution in [0.1, 0.15) is 31.2 Å². The summed E-state index contributed by atoms with van der Waals surface area (Å²) in [5.41, 5.74) is 3.98. The molecule has 0 atom stereocenters. The maximum Gasteiger partial charge on any atom is 0.219 e. The molecule has 0 aliphatic carbocycles. The van der Waals surface area contributed by atoms with Crippen molar-refractivity contribution in [2.24, 2.45) is 0 Å². The summed E-state index contributed by atoms with van der Waals surface area (Å²) in [4.78, 5) is 25.2. The number of carbonyl (C=O) groups is 1. The number of benzene rings is 1. The van der Waals surface area contributed by atoms with Gasteiger partial charge in [0.2, 0.25) is 5.91 Å². The zero-order valence-corrected chi connectivity index (χ0v) is 14.1. The summed E-state index contributed by atoms with van der Waals surface area (Å²) in [6, 6.07) is 8.38. The molecule has 5 nitrogen and oxygen atoms in total. The smallest absolute Gasteiger partial charge is 0.219 e. The van der Waals surface area contributed by atoms with Crippen molar-refractivity contribution >= 4 is 16.9 Å². The molecule has 0 unspecified atom stereocenters. The predicted octanol–water partition coefficient (Wildman–Crippen LogP) is 2.38. The Hall–Kier alpha value is -2.01. The maximum atomic E-state index is 11.5. The van der Waals surface area contributed by atoms with E-state index in [1.54, 1.807) is 6.92 Å². The average molecular weight is 312 g/mol. The Kier molecular flexibility index (Phi) is 4.57. The van der Waals surface area contributed by atoms with Gasteiger partial charge in [0, 0.05) is 39.6 Å². The molecule has 23 heavy (non-hydrogen) atoms. The Morgan fingerprint density at radius 1 is 1.22 bits per heavy atom. The molecule has 1 aliphatic heterocycles. The third kappa shape index (κ3) is 3.50. The predicted molar refractivity (Wildman–Crippen MR) is 91.0 cm³/mol. The first-order valence-corrected chi connectivity index (χ1v) is 8.22. The molecule has 2 heterocycles. The van der Waals surface area contributed by atoms with E-state index in [2.05, 4.69) is 9.88 Å². The molecule has 1 fully saturated rings. The number of nitrogens with zero attached hydrogens (tertiary/aromatic N) is 4. The highest BCUT2D eigenvalue weighted by molar-refractivity contribution is 5.74. The number of carbonyl (C=O) groups excluding carboxylic acids is 1. The van der Waals surface area contributed by atoms with Crippen molar-refractivity contribution < 1.29 is 4.79 Å². The highest BCUT2D eigenvalue weighted by Crippen LogP contribution is 2.19. The minimum absolute atomic E-state index is 0.152. The molecule has 0 N–H and O–H groups in total. The fourth-order valence-electron chi connectivity index (χ4n) is 3.21. The maximum absolute atomic E-state index is 11.5. The van der Waals surface area contributed by atoms with Gasteiger partial charge in [-0.15, -0.1) is 0 Å². The number of aromatic nitrogens is 2. The summed E-state index contributed by atoms with van der Waals surface area (Å²) in [6.45, 7) is 6.50. The van der Waals surface area contributed by atoms with Gasteiger partial charge < -0.3 is 4.90 Å². The van der Waals surface area contributed by atoms with Crippen molar-refractivity contribution in [2.45, 2.75) is 39.3 Å². The summed E-state index contributed by atoms with van der Waals surface area (Å²) < 4.78 is 0. The number of aryl methyl sites for hydroxylation is 1. The van der Waals surface area contributed by atoms with Crippen molar-refractivity contribution in [3.63, 3.8) is 0 Å². The highest BCUT2D eigenvalue weighted by atomic mass is 16.2. The third-order valence-electron chi connectivity index (χ3n) is 4.82. The Balaban J connectivity index is 1.67. The van der Waals surface area contributed by atoms with Crippen molar-refractivity contribution in [2.75, 3.05) is 20.1 Å². The van der Waals surface area contributed by atoms with Crippen LogP contribution in [0.15, 0.2) is 24.3 Å². The van der Waals surface area contributed by atoms with Crippen LogP contribution in [0, 0.1) is 6.92 Å². The molecule has 5 heteroatoms. The monoisotopic (exact) mass is 312 g/mol. The van der Waals surface area contributed by atoms with E-state index in [4.69, 9.17) is 4.98 Å². The molecule has 1 amide bonds. The summed E-state index contributed by atoms with van der Waals surface area (Å²) in [5.74, 6) is 0.152. The van der Waals surface area contributed by atoms with Gasteiger partial charge >= 0.3 is 0 Å². The van der Waals surface area contributed by atoms with E-state index >= 15 is 0 Å². The van der Waals surface area contributed by atoms with Gasteiger partial charge in [0.1, 0.15) is 0 Å². The SMILES string of the molecule is CC(=O)N(C)C1CCN(Cc2nc3ccccc3nc2C)CC1. The molecule has 1 aliphatic rings. The van der Waals surface area contributed by atoms with E-state index < -0.39 is 0 Å². The number of likely N-dealkylation sites (tertiary alicyclic amines) is 1. The lowest BCUT2D eigenvalue weighted by molar-refractivity contribution is -0.130. The standard InChI is InChI=1S/C18H24N4O/c1-13-18(20-17-7-5-4-6-16(17)19-13)12-22-10-8-15(9-11-22)21(3)14(2)23/h4-7,15H,8-12H2,1-3H3. The number of hydrogen-bond donors (Lipinski definition) is 0. The average Bonchev–Trinajstić information content (AvgIpc) is 2.55. The van der Waals surface area contributed by atoms with E-state index in [1.807, 2.05) is 43.1 Å². The molecular weight excluding hydrogens is 288 g/mol.